The van der Waals surface area contributed by atoms with Gasteiger partial charge in [-0.2, -0.15) is 18.2 Å². The molecule has 0 fully saturated rings. The number of halogens is 3. The molecule has 0 aromatic carbocycles. The van der Waals surface area contributed by atoms with Crippen LogP contribution in [-0.2, 0) is 6.18 Å². The number of nitrogens with one attached hydrogen (secondary N) is 2. The van der Waals surface area contributed by atoms with Crippen molar-refractivity contribution in [2.45, 2.75) is 26.4 Å². The van der Waals surface area contributed by atoms with Crippen molar-refractivity contribution in [2.75, 3.05) is 11.9 Å². The Morgan fingerprint density at radius 2 is 2.00 bits per heavy atom. The number of rotatable bonds is 5. The fourth-order valence-electron chi connectivity index (χ4n) is 1.49. The van der Waals surface area contributed by atoms with Crippen LogP contribution >= 0.6 is 0 Å². The Kier molecular flexibility index (Phi) is 4.29. The second-order valence-corrected chi connectivity index (χ2v) is 4.33. The van der Waals surface area contributed by atoms with Crippen LogP contribution in [0.25, 0.3) is 0 Å². The molecule has 0 aliphatic carbocycles. The van der Waals surface area contributed by atoms with Gasteiger partial charge >= 0.3 is 6.18 Å². The monoisotopic (exact) mass is 301 g/mol. The molecule has 0 bridgehead atoms. The van der Waals surface area contributed by atoms with E-state index >= 15 is 0 Å². The van der Waals surface area contributed by atoms with E-state index in [1.165, 1.54) is 0 Å². The molecule has 114 valence electrons. The largest absolute Gasteiger partial charge is 0.433 e. The maximum absolute atomic E-state index is 12.8. The van der Waals surface area contributed by atoms with Crippen molar-refractivity contribution >= 4 is 5.95 Å². The normalized spacial score (nSPS) is 11.5. The second kappa shape index (κ2) is 5.98. The minimum Gasteiger partial charge on any atom is -0.419 e. The van der Waals surface area contributed by atoms with E-state index in [2.05, 4.69) is 25.5 Å². The third-order valence-corrected chi connectivity index (χ3v) is 2.42. The van der Waals surface area contributed by atoms with Gasteiger partial charge in [0.05, 0.1) is 0 Å². The van der Waals surface area contributed by atoms with Crippen molar-refractivity contribution < 1.29 is 17.9 Å². The molecule has 21 heavy (non-hydrogen) atoms. The zero-order chi connectivity index (χ0) is 15.5. The lowest BCUT2D eigenvalue weighted by Crippen LogP contribution is -2.13. The van der Waals surface area contributed by atoms with Gasteiger partial charge in [0.1, 0.15) is 0 Å². The number of nitrogens with zero attached hydrogens (tertiary/aromatic N) is 3. The van der Waals surface area contributed by atoms with Gasteiger partial charge in [-0.1, -0.05) is 6.92 Å². The minimum absolute atomic E-state index is 0.131. The molecule has 0 aliphatic heterocycles. The fourth-order valence-corrected chi connectivity index (χ4v) is 1.49. The molecule has 0 saturated heterocycles. The van der Waals surface area contributed by atoms with E-state index in [9.17, 15) is 13.2 Å². The third-order valence-electron chi connectivity index (χ3n) is 2.42. The molecule has 0 unspecified atom stereocenters. The summed E-state index contributed by atoms with van der Waals surface area (Å²) in [4.78, 5) is 7.32. The van der Waals surface area contributed by atoms with Gasteiger partial charge in [0.25, 0.3) is 0 Å². The summed E-state index contributed by atoms with van der Waals surface area (Å²) in [6.45, 7) is 4.09. The van der Waals surface area contributed by atoms with E-state index in [1.54, 1.807) is 13.0 Å². The van der Waals surface area contributed by atoms with Crippen LogP contribution < -0.4 is 10.1 Å². The molecule has 0 amide bonds. The lowest BCUT2D eigenvalue weighted by atomic mass is 10.4. The summed E-state index contributed by atoms with van der Waals surface area (Å²) in [5.41, 5.74) is -0.349. The highest BCUT2D eigenvalue weighted by molar-refractivity contribution is 5.33. The van der Waals surface area contributed by atoms with Gasteiger partial charge in [0.15, 0.2) is 5.69 Å². The van der Waals surface area contributed by atoms with E-state index in [4.69, 9.17) is 4.74 Å². The number of aryl methyl sites for hydroxylation is 1. The molecule has 2 aromatic heterocycles. The smallest absolute Gasteiger partial charge is 0.419 e. The molecule has 0 aliphatic rings. The number of aromatic nitrogens is 4. The van der Waals surface area contributed by atoms with Crippen LogP contribution in [0.4, 0.5) is 19.1 Å². The van der Waals surface area contributed by atoms with Gasteiger partial charge in [0.2, 0.25) is 17.7 Å². The highest BCUT2D eigenvalue weighted by Gasteiger charge is 2.34. The first-order valence-electron chi connectivity index (χ1n) is 6.28. The van der Waals surface area contributed by atoms with Crippen LogP contribution in [0.1, 0.15) is 24.7 Å². The van der Waals surface area contributed by atoms with E-state index < -0.39 is 11.9 Å². The van der Waals surface area contributed by atoms with Crippen LogP contribution in [0, 0.1) is 6.92 Å². The highest BCUT2D eigenvalue weighted by atomic mass is 19.4. The van der Waals surface area contributed by atoms with Crippen molar-refractivity contribution in [3.63, 3.8) is 0 Å². The van der Waals surface area contributed by atoms with Crippen molar-refractivity contribution in [3.8, 4) is 11.8 Å². The van der Waals surface area contributed by atoms with Gasteiger partial charge in [-0.3, -0.25) is 5.10 Å². The fraction of sp³-hybridized carbons (Fsp3) is 0.417. The number of hydrogen-bond donors (Lipinski definition) is 2. The van der Waals surface area contributed by atoms with Gasteiger partial charge < -0.3 is 10.1 Å². The van der Waals surface area contributed by atoms with E-state index in [0.717, 1.165) is 18.2 Å². The van der Waals surface area contributed by atoms with Crippen LogP contribution in [0.3, 0.4) is 0 Å². The summed E-state index contributed by atoms with van der Waals surface area (Å²) in [5.74, 6) is -0.211. The summed E-state index contributed by atoms with van der Waals surface area (Å²) in [5, 5.41) is 9.12. The summed E-state index contributed by atoms with van der Waals surface area (Å²) < 4.78 is 43.7. The molecule has 0 saturated carbocycles. The average molecular weight is 301 g/mol. The predicted octanol–water partition coefficient (Wildman–Crippen LogP) is 3.14. The van der Waals surface area contributed by atoms with Crippen molar-refractivity contribution in [1.29, 1.82) is 0 Å². The summed E-state index contributed by atoms with van der Waals surface area (Å²) >= 11 is 0. The van der Waals surface area contributed by atoms with E-state index in [1.807, 2.05) is 6.92 Å². The molecular weight excluding hydrogens is 287 g/mol. The van der Waals surface area contributed by atoms with Crippen LogP contribution in [0.2, 0.25) is 0 Å². The Balaban J connectivity index is 2.30. The molecule has 0 spiro atoms. The summed E-state index contributed by atoms with van der Waals surface area (Å²) in [7, 11) is 0. The van der Waals surface area contributed by atoms with E-state index in [0.29, 0.717) is 6.54 Å². The van der Waals surface area contributed by atoms with Gasteiger partial charge in [-0.05, 0) is 13.3 Å². The third kappa shape index (κ3) is 4.07. The number of anilines is 1. The average Bonchev–Trinajstić information content (AvgIpc) is 2.80. The standard InChI is InChI=1S/C12H14F3N5O/c1-3-4-16-11-17-8(12(13,14)15)6-9(18-11)21-10-5-7(2)19-20-10/h5-6H,3-4H2,1-2H3,(H,19,20)(H,16,17,18). The molecule has 0 radical (unpaired) electrons. The van der Waals surface area contributed by atoms with Gasteiger partial charge in [-0.15, -0.1) is 5.10 Å². The number of ether oxygens (including phenoxy) is 1. The first kappa shape index (κ1) is 15.1. The SMILES string of the molecule is CCCNc1nc(Oc2cc(C)[nH]n2)cc(C(F)(F)F)n1. The molecule has 2 rings (SSSR count). The van der Waals surface area contributed by atoms with Crippen molar-refractivity contribution in [3.05, 3.63) is 23.5 Å². The molecule has 6 nitrogen and oxygen atoms in total. The summed E-state index contributed by atoms with van der Waals surface area (Å²) in [6.07, 6.45) is -3.85. The quantitative estimate of drug-likeness (QED) is 0.887. The molecular formula is C12H14F3N5O. The van der Waals surface area contributed by atoms with Crippen LogP contribution in [-0.4, -0.2) is 26.7 Å². The Labute approximate surface area is 118 Å². The number of H-pyrrole nitrogens is 1. The highest BCUT2D eigenvalue weighted by Crippen LogP contribution is 2.31. The van der Waals surface area contributed by atoms with Crippen LogP contribution in [0.5, 0.6) is 11.8 Å². The second-order valence-electron chi connectivity index (χ2n) is 4.33. The molecule has 0 atom stereocenters. The van der Waals surface area contributed by atoms with Gasteiger partial charge in [-0.25, -0.2) is 4.98 Å². The molecule has 2 heterocycles. The zero-order valence-corrected chi connectivity index (χ0v) is 11.5. The Morgan fingerprint density at radius 1 is 1.24 bits per heavy atom. The molecule has 2 aromatic rings. The Hall–Kier alpha value is -2.32. The first-order valence-corrected chi connectivity index (χ1v) is 6.28. The van der Waals surface area contributed by atoms with Crippen LogP contribution in [0.15, 0.2) is 12.1 Å². The Bertz CT molecular complexity index is 611. The number of hydrogen-bond acceptors (Lipinski definition) is 5. The predicted molar refractivity (Wildman–Crippen MR) is 69.2 cm³/mol. The van der Waals surface area contributed by atoms with Gasteiger partial charge in [0, 0.05) is 24.4 Å². The molecule has 2 N–H and O–H groups in total. The summed E-state index contributed by atoms with van der Waals surface area (Å²) in [6, 6.07) is 2.29. The minimum atomic E-state index is -4.58. The Morgan fingerprint density at radius 3 is 2.57 bits per heavy atom. The zero-order valence-electron chi connectivity index (χ0n) is 11.5. The topological polar surface area (TPSA) is 75.7 Å². The van der Waals surface area contributed by atoms with E-state index in [-0.39, 0.29) is 17.7 Å². The maximum Gasteiger partial charge on any atom is 0.433 e. The van der Waals surface area contributed by atoms with Crippen molar-refractivity contribution in [2.24, 2.45) is 0 Å². The number of alkyl halides is 3. The first-order chi connectivity index (χ1) is 9.88. The van der Waals surface area contributed by atoms with Crippen molar-refractivity contribution in [1.82, 2.24) is 20.2 Å². The molecule has 9 heteroatoms. The maximum atomic E-state index is 12.8. The lowest BCUT2D eigenvalue weighted by Gasteiger charge is -2.10. The lowest BCUT2D eigenvalue weighted by molar-refractivity contribution is -0.141. The number of aromatic amines is 1.